The summed E-state index contributed by atoms with van der Waals surface area (Å²) in [6, 6.07) is 10.7. The van der Waals surface area contributed by atoms with Gasteiger partial charge in [0, 0.05) is 17.3 Å². The van der Waals surface area contributed by atoms with Gasteiger partial charge in [-0.1, -0.05) is 33.6 Å². The lowest BCUT2D eigenvalue weighted by atomic mass is 10.0. The van der Waals surface area contributed by atoms with Crippen LogP contribution in [0.2, 0.25) is 0 Å². The number of sulfonamides is 1. The topological polar surface area (TPSA) is 59.4 Å². The molecule has 29 heavy (non-hydrogen) atoms. The number of rotatable bonds is 3. The van der Waals surface area contributed by atoms with Gasteiger partial charge in [-0.15, -0.1) is 0 Å². The van der Waals surface area contributed by atoms with Crippen molar-refractivity contribution in [2.24, 2.45) is 0 Å². The van der Waals surface area contributed by atoms with E-state index in [0.717, 1.165) is 9.87 Å². The summed E-state index contributed by atoms with van der Waals surface area (Å²) in [6.45, 7) is 3.81. The zero-order valence-electron chi connectivity index (χ0n) is 15.6. The largest absolute Gasteiger partial charge is 0.333 e. The summed E-state index contributed by atoms with van der Waals surface area (Å²) >= 11 is 6.79. The third-order valence-electron chi connectivity index (χ3n) is 5.19. The first kappa shape index (κ1) is 20.6. The minimum Gasteiger partial charge on any atom is -0.333 e. The normalized spacial score (nSPS) is 19.6. The Kier molecular flexibility index (Phi) is 4.91. The number of carbonyl (C=O) groups is 1. The Bertz CT molecular complexity index is 1250. The molecule has 152 valence electrons. The molecule has 0 saturated heterocycles. The summed E-state index contributed by atoms with van der Waals surface area (Å²) in [5, 5.41) is 0.772. The van der Waals surface area contributed by atoms with E-state index in [1.54, 1.807) is 29.7 Å². The molecule has 2 heterocycles. The summed E-state index contributed by atoms with van der Waals surface area (Å²) in [6.07, 6.45) is 0. The maximum absolute atomic E-state index is 13.8. The maximum atomic E-state index is 13.8. The fourth-order valence-corrected chi connectivity index (χ4v) is 6.71. The van der Waals surface area contributed by atoms with Gasteiger partial charge in [0.2, 0.25) is 0 Å². The van der Waals surface area contributed by atoms with Crippen molar-refractivity contribution < 1.29 is 17.6 Å². The summed E-state index contributed by atoms with van der Waals surface area (Å²) in [4.78, 5) is 13.6. The quantitative estimate of drug-likeness (QED) is 0.444. The third kappa shape index (κ3) is 3.05. The first-order valence-corrected chi connectivity index (χ1v) is 12.2. The highest BCUT2D eigenvalue weighted by atomic mass is 79.9. The second-order valence-corrected chi connectivity index (χ2v) is 10.6. The Labute approximate surface area is 184 Å². The number of carbonyl (C=O) groups excluding carboxylic acids is 1. The van der Waals surface area contributed by atoms with Crippen molar-refractivity contribution in [3.05, 3.63) is 64.0 Å². The molecule has 0 bridgehead atoms. The number of hydrogen-bond donors (Lipinski definition) is 0. The maximum Gasteiger partial charge on any atom is 0.286 e. The monoisotopic (exact) mass is 542 g/mol. The lowest BCUT2D eigenvalue weighted by Crippen LogP contribution is -2.59. The van der Waals surface area contributed by atoms with E-state index in [1.165, 1.54) is 24.3 Å². The molecule has 1 aromatic heterocycles. The summed E-state index contributed by atoms with van der Waals surface area (Å²) < 4.78 is 43.8. The molecule has 0 aliphatic carbocycles. The number of halogens is 3. The van der Waals surface area contributed by atoms with Crippen molar-refractivity contribution in [3.8, 4) is 0 Å². The molecule has 0 unspecified atom stereocenters. The molecule has 4 rings (SSSR count). The number of aryl methyl sites for hydroxylation is 1. The van der Waals surface area contributed by atoms with E-state index in [4.69, 9.17) is 0 Å². The van der Waals surface area contributed by atoms with Gasteiger partial charge < -0.3 is 4.57 Å². The van der Waals surface area contributed by atoms with Gasteiger partial charge in [0.05, 0.1) is 20.4 Å². The minimum absolute atomic E-state index is 0.0513. The first-order valence-electron chi connectivity index (χ1n) is 8.80. The van der Waals surface area contributed by atoms with E-state index in [0.29, 0.717) is 15.4 Å². The number of fused-ring (bicyclic) bond motifs is 3. The molecule has 9 heteroatoms. The fourth-order valence-electron chi connectivity index (χ4n) is 3.72. The van der Waals surface area contributed by atoms with Gasteiger partial charge in [0.25, 0.3) is 15.9 Å². The molecule has 3 aromatic rings. The Morgan fingerprint density at radius 2 is 1.83 bits per heavy atom. The van der Waals surface area contributed by atoms with Crippen LogP contribution >= 0.6 is 31.9 Å². The van der Waals surface area contributed by atoms with Gasteiger partial charge in [-0.25, -0.2) is 17.1 Å². The predicted molar refractivity (Wildman–Crippen MR) is 116 cm³/mol. The fraction of sp³-hybridized carbons (Fsp3) is 0.250. The van der Waals surface area contributed by atoms with E-state index in [-0.39, 0.29) is 22.5 Å². The van der Waals surface area contributed by atoms with Gasteiger partial charge in [-0.2, -0.15) is 0 Å². The zero-order valence-corrected chi connectivity index (χ0v) is 19.6. The van der Waals surface area contributed by atoms with Crippen LogP contribution in [-0.4, -0.2) is 34.1 Å². The Hall–Kier alpha value is -1.71. The van der Waals surface area contributed by atoms with E-state index in [9.17, 15) is 17.6 Å². The molecule has 0 fully saturated rings. The predicted octanol–water partition coefficient (Wildman–Crippen LogP) is 4.85. The van der Waals surface area contributed by atoms with E-state index in [2.05, 4.69) is 31.9 Å². The number of aromatic nitrogens is 1. The molecular formula is C20H17Br2FN2O3S. The van der Waals surface area contributed by atoms with Gasteiger partial charge in [-0.05, 0) is 60.1 Å². The number of alkyl halides is 1. The van der Waals surface area contributed by atoms with Gasteiger partial charge >= 0.3 is 0 Å². The Morgan fingerprint density at radius 1 is 1.17 bits per heavy atom. The summed E-state index contributed by atoms with van der Waals surface area (Å²) in [5.74, 6) is -1.08. The SMILES string of the molecule is Cc1ccc(S(=O)(=O)N2C(=O)c3c(Br)c4cc(F)ccc4n3C[C@]2(C)CBr)cc1. The number of amides is 1. The van der Waals surface area contributed by atoms with Crippen LogP contribution in [0.3, 0.4) is 0 Å². The summed E-state index contributed by atoms with van der Waals surface area (Å²) in [7, 11) is -4.11. The lowest BCUT2D eigenvalue weighted by molar-refractivity contribution is 0.0678. The van der Waals surface area contributed by atoms with Gasteiger partial charge in [0.15, 0.2) is 0 Å². The molecule has 1 amide bonds. The van der Waals surface area contributed by atoms with Crippen molar-refractivity contribution in [3.63, 3.8) is 0 Å². The molecule has 0 spiro atoms. The third-order valence-corrected chi connectivity index (χ3v) is 9.15. The van der Waals surface area contributed by atoms with Crippen LogP contribution in [0.25, 0.3) is 10.9 Å². The smallest absolute Gasteiger partial charge is 0.286 e. The van der Waals surface area contributed by atoms with Crippen molar-refractivity contribution in [1.82, 2.24) is 8.87 Å². The standard InChI is InChI=1S/C20H17Br2FN2O3S/c1-12-3-6-14(7-4-12)29(27,28)25-19(26)18-17(22)15-9-13(23)5-8-16(15)24(18)11-20(25,2)10-21/h3-9H,10-11H2,1-2H3/t20-/m0/s1. The van der Waals surface area contributed by atoms with Gasteiger partial charge in [-0.3, -0.25) is 4.79 Å². The van der Waals surface area contributed by atoms with Crippen molar-refractivity contribution in [2.75, 3.05) is 5.33 Å². The van der Waals surface area contributed by atoms with Crippen molar-refractivity contribution in [1.29, 1.82) is 0 Å². The Balaban J connectivity index is 1.96. The molecule has 0 radical (unpaired) electrons. The number of benzene rings is 2. The van der Waals surface area contributed by atoms with Crippen LogP contribution in [0.1, 0.15) is 23.0 Å². The number of hydrogen-bond acceptors (Lipinski definition) is 3. The molecule has 1 aliphatic heterocycles. The average molecular weight is 544 g/mol. The van der Waals surface area contributed by atoms with Crippen molar-refractivity contribution in [2.45, 2.75) is 30.8 Å². The van der Waals surface area contributed by atoms with E-state index in [1.807, 2.05) is 6.92 Å². The molecule has 2 aromatic carbocycles. The first-order chi connectivity index (χ1) is 13.6. The molecule has 5 nitrogen and oxygen atoms in total. The minimum atomic E-state index is -4.11. The number of nitrogens with zero attached hydrogens (tertiary/aromatic N) is 2. The van der Waals surface area contributed by atoms with E-state index < -0.39 is 27.3 Å². The lowest BCUT2D eigenvalue weighted by Gasteiger charge is -2.43. The van der Waals surface area contributed by atoms with Crippen LogP contribution in [0, 0.1) is 12.7 Å². The molecule has 0 N–H and O–H groups in total. The highest BCUT2D eigenvalue weighted by Gasteiger charge is 2.49. The highest BCUT2D eigenvalue weighted by Crippen LogP contribution is 2.41. The van der Waals surface area contributed by atoms with Crippen LogP contribution in [-0.2, 0) is 16.6 Å². The molecule has 0 saturated carbocycles. The Morgan fingerprint density at radius 3 is 2.45 bits per heavy atom. The highest BCUT2D eigenvalue weighted by molar-refractivity contribution is 9.10. The molecular weight excluding hydrogens is 527 g/mol. The van der Waals surface area contributed by atoms with Crippen LogP contribution in [0.4, 0.5) is 4.39 Å². The zero-order chi connectivity index (χ0) is 21.1. The van der Waals surface area contributed by atoms with Crippen molar-refractivity contribution >= 4 is 58.7 Å². The average Bonchev–Trinajstić information content (AvgIpc) is 2.93. The summed E-state index contributed by atoms with van der Waals surface area (Å²) in [5.41, 5.74) is 0.732. The van der Waals surface area contributed by atoms with Crippen LogP contribution in [0.5, 0.6) is 0 Å². The van der Waals surface area contributed by atoms with E-state index >= 15 is 0 Å². The second-order valence-electron chi connectivity index (χ2n) is 7.43. The second kappa shape index (κ2) is 6.92. The van der Waals surface area contributed by atoms with Gasteiger partial charge in [0.1, 0.15) is 11.5 Å². The molecule has 1 aliphatic rings. The molecule has 1 atom stereocenters. The van der Waals surface area contributed by atoms with Crippen LogP contribution < -0.4 is 0 Å². The van der Waals surface area contributed by atoms with Crippen LogP contribution in [0.15, 0.2) is 51.8 Å².